The largest absolute Gasteiger partial charge is 0.462 e. The normalized spacial score (nSPS) is 20.8. The van der Waals surface area contributed by atoms with Gasteiger partial charge in [0.15, 0.2) is 0 Å². The van der Waals surface area contributed by atoms with Crippen molar-refractivity contribution >= 4 is 18.2 Å². The highest BCUT2D eigenvalue weighted by molar-refractivity contribution is 6.45. The minimum atomic E-state index is -0.279. The van der Waals surface area contributed by atoms with Gasteiger partial charge in [-0.1, -0.05) is 0 Å². The molecular formula is C15H21BN2O2. The summed E-state index contributed by atoms with van der Waals surface area (Å²) in [6.45, 7) is 10.4. The number of nitrogens with zero attached hydrogens (tertiary/aromatic N) is 1. The van der Waals surface area contributed by atoms with Gasteiger partial charge in [-0.15, -0.1) is 0 Å². The second kappa shape index (κ2) is 4.33. The van der Waals surface area contributed by atoms with Crippen LogP contribution in [0.5, 0.6) is 0 Å². The first kappa shape index (κ1) is 13.6. The molecule has 106 valence electrons. The van der Waals surface area contributed by atoms with Gasteiger partial charge in [0.2, 0.25) is 0 Å². The molecule has 20 heavy (non-hydrogen) atoms. The van der Waals surface area contributed by atoms with E-state index in [-0.39, 0.29) is 18.3 Å². The molecule has 0 saturated carbocycles. The van der Waals surface area contributed by atoms with Crippen LogP contribution in [-0.4, -0.2) is 28.3 Å². The molecule has 5 heteroatoms. The maximum atomic E-state index is 6.03. The Morgan fingerprint density at radius 1 is 1.20 bits per heavy atom. The molecule has 1 aliphatic heterocycles. The molecule has 0 bridgehead atoms. The molecule has 0 aliphatic carbocycles. The number of rotatable bonds is 2. The van der Waals surface area contributed by atoms with Crippen LogP contribution >= 0.6 is 0 Å². The second-order valence-corrected chi connectivity index (χ2v) is 6.60. The highest BCUT2D eigenvalue weighted by Crippen LogP contribution is 2.37. The number of aryl methyl sites for hydroxylation is 1. The molecule has 0 unspecified atom stereocenters. The van der Waals surface area contributed by atoms with Crippen molar-refractivity contribution in [2.75, 3.05) is 0 Å². The third kappa shape index (κ3) is 2.15. The van der Waals surface area contributed by atoms with Crippen molar-refractivity contribution in [3.05, 3.63) is 29.6 Å². The fraction of sp³-hybridized carbons (Fsp3) is 0.533. The predicted molar refractivity (Wildman–Crippen MR) is 80.6 cm³/mol. The summed E-state index contributed by atoms with van der Waals surface area (Å²) in [5, 5.41) is 1.17. The van der Waals surface area contributed by atoms with Crippen molar-refractivity contribution in [1.29, 1.82) is 0 Å². The lowest BCUT2D eigenvalue weighted by Crippen LogP contribution is -2.41. The first-order valence-electron chi connectivity index (χ1n) is 7.07. The van der Waals surface area contributed by atoms with Gasteiger partial charge in [-0.3, -0.25) is 0 Å². The number of pyridine rings is 1. The summed E-state index contributed by atoms with van der Waals surface area (Å²) in [5.41, 5.74) is 2.72. The Hall–Kier alpha value is -1.33. The summed E-state index contributed by atoms with van der Waals surface area (Å²) in [4.78, 5) is 7.61. The Balaban J connectivity index is 1.82. The average molecular weight is 272 g/mol. The molecule has 0 atom stereocenters. The van der Waals surface area contributed by atoms with E-state index in [9.17, 15) is 0 Å². The van der Waals surface area contributed by atoms with E-state index in [1.165, 1.54) is 10.9 Å². The quantitative estimate of drug-likeness (QED) is 0.855. The van der Waals surface area contributed by atoms with E-state index in [2.05, 4.69) is 50.7 Å². The molecule has 3 rings (SSSR count). The fourth-order valence-electron chi connectivity index (χ4n) is 2.53. The molecule has 1 saturated heterocycles. The Morgan fingerprint density at radius 2 is 1.85 bits per heavy atom. The van der Waals surface area contributed by atoms with E-state index in [4.69, 9.17) is 9.31 Å². The molecule has 0 amide bonds. The van der Waals surface area contributed by atoms with Crippen LogP contribution in [0.2, 0.25) is 0 Å². The zero-order chi connectivity index (χ0) is 14.5. The number of fused-ring (bicyclic) bond motifs is 1. The van der Waals surface area contributed by atoms with Crippen LogP contribution in [0.3, 0.4) is 0 Å². The van der Waals surface area contributed by atoms with E-state index in [1.54, 1.807) is 0 Å². The lowest BCUT2D eigenvalue weighted by Gasteiger charge is -2.32. The van der Waals surface area contributed by atoms with Crippen LogP contribution in [0.25, 0.3) is 11.0 Å². The highest BCUT2D eigenvalue weighted by Gasteiger charge is 2.50. The summed E-state index contributed by atoms with van der Waals surface area (Å²) < 4.78 is 12.1. The van der Waals surface area contributed by atoms with Gasteiger partial charge < -0.3 is 14.3 Å². The van der Waals surface area contributed by atoms with Crippen molar-refractivity contribution in [2.24, 2.45) is 0 Å². The van der Waals surface area contributed by atoms with Gasteiger partial charge in [0.1, 0.15) is 5.65 Å². The molecule has 1 N–H and O–H groups in total. The van der Waals surface area contributed by atoms with E-state index in [0.29, 0.717) is 0 Å². The summed E-state index contributed by atoms with van der Waals surface area (Å²) in [5.74, 6) is 0. The van der Waals surface area contributed by atoms with Gasteiger partial charge in [0.25, 0.3) is 0 Å². The lowest BCUT2D eigenvalue weighted by molar-refractivity contribution is 0.00578. The van der Waals surface area contributed by atoms with Gasteiger partial charge >= 0.3 is 7.12 Å². The highest BCUT2D eigenvalue weighted by atomic mass is 16.7. The van der Waals surface area contributed by atoms with Crippen molar-refractivity contribution in [2.45, 2.75) is 52.1 Å². The van der Waals surface area contributed by atoms with Crippen LogP contribution in [0, 0.1) is 6.92 Å². The minimum absolute atomic E-state index is 0.210. The molecule has 0 aromatic carbocycles. The summed E-state index contributed by atoms with van der Waals surface area (Å²) in [6, 6.07) is 2.17. The van der Waals surface area contributed by atoms with Gasteiger partial charge in [-0.2, -0.15) is 0 Å². The topological polar surface area (TPSA) is 47.1 Å². The third-order valence-corrected chi connectivity index (χ3v) is 4.50. The molecule has 2 aromatic heterocycles. The second-order valence-electron chi connectivity index (χ2n) is 6.60. The monoisotopic (exact) mass is 272 g/mol. The zero-order valence-electron chi connectivity index (χ0n) is 12.8. The van der Waals surface area contributed by atoms with E-state index >= 15 is 0 Å². The third-order valence-electron chi connectivity index (χ3n) is 4.50. The summed E-state index contributed by atoms with van der Waals surface area (Å²) >= 11 is 0. The number of nitrogens with one attached hydrogen (secondary N) is 1. The fourth-order valence-corrected chi connectivity index (χ4v) is 2.53. The van der Waals surface area contributed by atoms with Crippen LogP contribution in [0.15, 0.2) is 18.5 Å². The lowest BCUT2D eigenvalue weighted by atomic mass is 9.81. The van der Waals surface area contributed by atoms with Crippen LogP contribution < -0.4 is 0 Å². The number of aromatic nitrogens is 2. The summed E-state index contributed by atoms with van der Waals surface area (Å²) in [7, 11) is -0.210. The number of hydrogen-bond donors (Lipinski definition) is 1. The molecule has 3 heterocycles. The molecule has 2 aromatic rings. The zero-order valence-corrected chi connectivity index (χ0v) is 12.8. The molecular weight excluding hydrogens is 251 g/mol. The van der Waals surface area contributed by atoms with E-state index in [1.807, 2.05) is 12.4 Å². The number of hydrogen-bond acceptors (Lipinski definition) is 3. The maximum absolute atomic E-state index is 6.03. The number of H-pyrrole nitrogens is 1. The van der Waals surface area contributed by atoms with Crippen molar-refractivity contribution < 1.29 is 9.31 Å². The van der Waals surface area contributed by atoms with Crippen LogP contribution in [-0.2, 0) is 15.6 Å². The van der Waals surface area contributed by atoms with Crippen molar-refractivity contribution in [3.8, 4) is 0 Å². The van der Waals surface area contributed by atoms with Crippen LogP contribution in [0.1, 0.15) is 38.8 Å². The van der Waals surface area contributed by atoms with Gasteiger partial charge in [0, 0.05) is 24.1 Å². The number of aromatic amines is 1. The van der Waals surface area contributed by atoms with Crippen molar-refractivity contribution in [1.82, 2.24) is 9.97 Å². The maximum Gasteiger partial charge on any atom is 0.462 e. The first-order chi connectivity index (χ1) is 9.28. The molecule has 1 fully saturated rings. The standard InChI is InChI=1S/C15H21BN2O2/c1-10-8-17-13-12(10)6-11(9-18-13)7-16-19-14(2,3)15(4,5)20-16/h6,8-9H,7H2,1-5H3,(H,17,18). The smallest absolute Gasteiger partial charge is 0.403 e. The average Bonchev–Trinajstić information content (AvgIpc) is 2.78. The van der Waals surface area contributed by atoms with E-state index < -0.39 is 0 Å². The van der Waals surface area contributed by atoms with E-state index in [0.717, 1.165) is 17.5 Å². The first-order valence-corrected chi connectivity index (χ1v) is 7.07. The van der Waals surface area contributed by atoms with Gasteiger partial charge in [0.05, 0.1) is 11.2 Å². The Labute approximate surface area is 120 Å². The molecule has 1 aliphatic rings. The van der Waals surface area contributed by atoms with Gasteiger partial charge in [-0.25, -0.2) is 4.98 Å². The molecule has 0 radical (unpaired) electrons. The molecule has 0 spiro atoms. The predicted octanol–water partition coefficient (Wildman–Crippen LogP) is 3.05. The van der Waals surface area contributed by atoms with Crippen LogP contribution in [0.4, 0.5) is 0 Å². The van der Waals surface area contributed by atoms with Gasteiger partial charge in [-0.05, 0) is 51.8 Å². The molecule has 4 nitrogen and oxygen atoms in total. The van der Waals surface area contributed by atoms with Crippen molar-refractivity contribution in [3.63, 3.8) is 0 Å². The Kier molecular flexibility index (Phi) is 2.96. The minimum Gasteiger partial charge on any atom is -0.403 e. The Morgan fingerprint density at radius 3 is 2.50 bits per heavy atom. The SMILES string of the molecule is Cc1c[nH]c2ncc(CB3OC(C)(C)C(C)(C)O3)cc12. The summed E-state index contributed by atoms with van der Waals surface area (Å²) in [6.07, 6.45) is 4.60. The Bertz CT molecular complexity index is 632.